The maximum atomic E-state index is 10.8. The van der Waals surface area contributed by atoms with E-state index >= 15 is 0 Å². The number of fused-ring (bicyclic) bond motifs is 1. The van der Waals surface area contributed by atoms with Crippen LogP contribution < -0.4 is 10.6 Å². The molecule has 1 saturated carbocycles. The molecule has 4 rings (SSSR count). The number of nitrogens with zero attached hydrogens (tertiary/aromatic N) is 4. The lowest BCUT2D eigenvalue weighted by Crippen LogP contribution is -2.40. The quantitative estimate of drug-likeness (QED) is 0.291. The van der Waals surface area contributed by atoms with E-state index in [1.165, 1.54) is 11.3 Å². The van der Waals surface area contributed by atoms with Crippen molar-refractivity contribution in [2.75, 3.05) is 30.9 Å². The zero-order valence-electron chi connectivity index (χ0n) is 21.0. The Morgan fingerprint density at radius 3 is 2.49 bits per heavy atom. The van der Waals surface area contributed by atoms with Gasteiger partial charge in [0.05, 0.1) is 46.0 Å². The van der Waals surface area contributed by atoms with Gasteiger partial charge in [-0.25, -0.2) is 9.97 Å². The summed E-state index contributed by atoms with van der Waals surface area (Å²) in [4.78, 5) is 18.7. The Bertz CT molecular complexity index is 1210. The van der Waals surface area contributed by atoms with Crippen LogP contribution in [-0.4, -0.2) is 79.4 Å². The molecule has 4 atom stereocenters. The Balaban J connectivity index is 1.76. The van der Waals surface area contributed by atoms with Crippen molar-refractivity contribution in [1.29, 1.82) is 0 Å². The van der Waals surface area contributed by atoms with Crippen molar-refractivity contribution in [3.8, 4) is 10.6 Å². The SMILES string of the molecule is COCCNc1nc(C)c(-c2nc3c(C)nc(C)cc3s2)c(NC2C[C@H](C(C)(C)O)[C@@H](O)[C@H]2O)n1. The van der Waals surface area contributed by atoms with Gasteiger partial charge < -0.3 is 30.7 Å². The van der Waals surface area contributed by atoms with E-state index in [4.69, 9.17) is 14.7 Å². The number of pyridine rings is 1. The van der Waals surface area contributed by atoms with Gasteiger partial charge in [-0.05, 0) is 47.1 Å². The number of rotatable bonds is 8. The van der Waals surface area contributed by atoms with Gasteiger partial charge in [0.15, 0.2) is 0 Å². The van der Waals surface area contributed by atoms with Crippen LogP contribution in [0.5, 0.6) is 0 Å². The van der Waals surface area contributed by atoms with Gasteiger partial charge in [-0.15, -0.1) is 11.3 Å². The van der Waals surface area contributed by atoms with Gasteiger partial charge in [-0.3, -0.25) is 4.98 Å². The third-order valence-corrected chi connectivity index (χ3v) is 7.50. The molecule has 190 valence electrons. The molecule has 3 aromatic rings. The molecule has 0 saturated heterocycles. The third-order valence-electron chi connectivity index (χ3n) is 6.49. The van der Waals surface area contributed by atoms with Gasteiger partial charge in [-0.1, -0.05) is 0 Å². The first kappa shape index (κ1) is 25.6. The number of thiazole rings is 1. The molecule has 3 aromatic heterocycles. The van der Waals surface area contributed by atoms with Crippen molar-refractivity contribution in [3.63, 3.8) is 0 Å². The first-order valence-electron chi connectivity index (χ1n) is 11.7. The lowest BCUT2D eigenvalue weighted by atomic mass is 9.88. The Morgan fingerprint density at radius 2 is 1.83 bits per heavy atom. The molecule has 35 heavy (non-hydrogen) atoms. The molecule has 1 aliphatic rings. The Morgan fingerprint density at radius 1 is 1.09 bits per heavy atom. The predicted molar refractivity (Wildman–Crippen MR) is 137 cm³/mol. The van der Waals surface area contributed by atoms with E-state index in [9.17, 15) is 15.3 Å². The van der Waals surface area contributed by atoms with Gasteiger partial charge in [0, 0.05) is 25.3 Å². The molecule has 0 aliphatic heterocycles. The maximum Gasteiger partial charge on any atom is 0.224 e. The number of aryl methyl sites for hydroxylation is 3. The summed E-state index contributed by atoms with van der Waals surface area (Å²) in [5, 5.41) is 39.1. The molecule has 5 N–H and O–H groups in total. The summed E-state index contributed by atoms with van der Waals surface area (Å²) in [6.45, 7) is 10.1. The highest BCUT2D eigenvalue weighted by Gasteiger charge is 2.48. The zero-order valence-corrected chi connectivity index (χ0v) is 21.8. The van der Waals surface area contributed by atoms with Crippen LogP contribution in [0.15, 0.2) is 6.07 Å². The number of hydrogen-bond donors (Lipinski definition) is 5. The van der Waals surface area contributed by atoms with Crippen LogP contribution in [0.1, 0.15) is 37.4 Å². The van der Waals surface area contributed by atoms with Crippen LogP contribution in [0.3, 0.4) is 0 Å². The fourth-order valence-corrected chi connectivity index (χ4v) is 5.88. The molecule has 0 radical (unpaired) electrons. The second-order valence-corrected chi connectivity index (χ2v) is 10.7. The van der Waals surface area contributed by atoms with Gasteiger partial charge in [0.2, 0.25) is 5.95 Å². The largest absolute Gasteiger partial charge is 0.390 e. The fraction of sp³-hybridized carbons (Fsp3) is 0.583. The van der Waals surface area contributed by atoms with Crippen molar-refractivity contribution in [1.82, 2.24) is 19.9 Å². The van der Waals surface area contributed by atoms with Crippen molar-refractivity contribution in [2.45, 2.75) is 64.9 Å². The number of aromatic nitrogens is 4. The summed E-state index contributed by atoms with van der Waals surface area (Å²) in [6, 6.07) is 1.50. The average Bonchev–Trinajstić information content (AvgIpc) is 3.30. The molecule has 1 unspecified atom stereocenters. The molecular weight excluding hydrogens is 468 g/mol. The van der Waals surface area contributed by atoms with Crippen molar-refractivity contribution in [3.05, 3.63) is 23.1 Å². The van der Waals surface area contributed by atoms with Gasteiger partial charge >= 0.3 is 0 Å². The lowest BCUT2D eigenvalue weighted by Gasteiger charge is -2.28. The van der Waals surface area contributed by atoms with E-state index in [1.807, 2.05) is 26.8 Å². The van der Waals surface area contributed by atoms with Crippen molar-refractivity contribution >= 4 is 33.3 Å². The summed E-state index contributed by atoms with van der Waals surface area (Å²) >= 11 is 1.54. The van der Waals surface area contributed by atoms with Crippen molar-refractivity contribution < 1.29 is 20.1 Å². The molecular formula is C24H34N6O4S. The topological polar surface area (TPSA) is 146 Å². The lowest BCUT2D eigenvalue weighted by molar-refractivity contribution is -0.0601. The molecule has 1 aliphatic carbocycles. The number of methoxy groups -OCH3 is 1. The van der Waals surface area contributed by atoms with Gasteiger partial charge in [0.1, 0.15) is 22.4 Å². The minimum Gasteiger partial charge on any atom is -0.390 e. The monoisotopic (exact) mass is 502 g/mol. The Kier molecular flexibility index (Phi) is 7.26. The highest BCUT2D eigenvalue weighted by molar-refractivity contribution is 7.21. The third kappa shape index (κ3) is 5.24. The number of aliphatic hydroxyl groups is 3. The number of anilines is 2. The van der Waals surface area contributed by atoms with E-state index in [0.29, 0.717) is 31.3 Å². The number of aliphatic hydroxyl groups excluding tert-OH is 2. The van der Waals surface area contributed by atoms with Crippen LogP contribution in [0.2, 0.25) is 0 Å². The summed E-state index contributed by atoms with van der Waals surface area (Å²) in [7, 11) is 1.63. The summed E-state index contributed by atoms with van der Waals surface area (Å²) in [5.74, 6) is 0.443. The first-order chi connectivity index (χ1) is 16.5. The van der Waals surface area contributed by atoms with Crippen LogP contribution >= 0.6 is 11.3 Å². The van der Waals surface area contributed by atoms with Crippen LogP contribution in [0, 0.1) is 26.7 Å². The minimum absolute atomic E-state index is 0.378. The second kappa shape index (κ2) is 9.90. The van der Waals surface area contributed by atoms with E-state index in [0.717, 1.165) is 37.9 Å². The average molecular weight is 503 g/mol. The number of hydrogen-bond acceptors (Lipinski definition) is 11. The van der Waals surface area contributed by atoms with E-state index < -0.39 is 29.8 Å². The molecule has 0 spiro atoms. The van der Waals surface area contributed by atoms with E-state index in [1.54, 1.807) is 21.0 Å². The molecule has 1 fully saturated rings. The molecule has 11 heteroatoms. The van der Waals surface area contributed by atoms with Crippen LogP contribution in [0.25, 0.3) is 20.8 Å². The smallest absolute Gasteiger partial charge is 0.224 e. The minimum atomic E-state index is -1.14. The molecule has 0 amide bonds. The Hall–Kier alpha value is -2.44. The highest BCUT2D eigenvalue weighted by Crippen LogP contribution is 2.40. The predicted octanol–water partition coefficient (Wildman–Crippen LogP) is 2.42. The summed E-state index contributed by atoms with van der Waals surface area (Å²) in [6.07, 6.45) is -1.75. The maximum absolute atomic E-state index is 10.8. The Labute approximate surface area is 208 Å². The molecule has 0 aromatic carbocycles. The van der Waals surface area contributed by atoms with Crippen molar-refractivity contribution in [2.24, 2.45) is 5.92 Å². The summed E-state index contributed by atoms with van der Waals surface area (Å²) < 4.78 is 6.14. The van der Waals surface area contributed by atoms with Crippen LogP contribution in [0.4, 0.5) is 11.8 Å². The molecule has 3 heterocycles. The highest BCUT2D eigenvalue weighted by atomic mass is 32.1. The van der Waals surface area contributed by atoms with E-state index in [-0.39, 0.29) is 0 Å². The molecule has 0 bridgehead atoms. The first-order valence-corrected chi connectivity index (χ1v) is 12.5. The normalized spacial score (nSPS) is 22.7. The van der Waals surface area contributed by atoms with E-state index in [2.05, 4.69) is 20.6 Å². The zero-order chi connectivity index (χ0) is 25.5. The number of ether oxygens (including phenoxy) is 1. The van der Waals surface area contributed by atoms with Gasteiger partial charge in [-0.2, -0.15) is 4.98 Å². The molecule has 10 nitrogen and oxygen atoms in total. The summed E-state index contributed by atoms with van der Waals surface area (Å²) in [5.41, 5.74) is 2.93. The van der Waals surface area contributed by atoms with Crippen LogP contribution in [-0.2, 0) is 4.74 Å². The second-order valence-electron chi connectivity index (χ2n) is 9.72. The number of nitrogens with one attached hydrogen (secondary N) is 2. The standard InChI is InChI=1S/C24H34N6O4S/c1-11-9-16-18(13(3)26-11)29-22(35-16)17-12(2)27-23(25-7-8-34-6)30-21(17)28-15-10-14(24(4,5)33)19(31)20(15)32/h9,14-15,19-20,31-33H,7-8,10H2,1-6H3,(H2,25,27,28,30)/t14-,15?,19+,20-/m0/s1. The van der Waals surface area contributed by atoms with Gasteiger partial charge in [0.25, 0.3) is 0 Å². The fourth-order valence-electron chi connectivity index (χ4n) is 4.67.